The molecule has 0 spiro atoms. The fraction of sp³-hybridized carbons (Fsp3) is 1.00. The first-order chi connectivity index (χ1) is 5.58. The van der Waals surface area contributed by atoms with E-state index >= 15 is 0 Å². The van der Waals surface area contributed by atoms with E-state index in [4.69, 9.17) is 9.47 Å². The summed E-state index contributed by atoms with van der Waals surface area (Å²) in [5.74, 6) is 0. The Kier molecular flexibility index (Phi) is 5.97. The van der Waals surface area contributed by atoms with Crippen molar-refractivity contribution in [1.82, 2.24) is 0 Å². The van der Waals surface area contributed by atoms with Crippen LogP contribution in [-0.2, 0) is 9.47 Å². The molecular weight excluding hydrogens is 172 g/mol. The second-order valence-corrected chi connectivity index (χ2v) is 3.97. The highest BCUT2D eigenvalue weighted by atomic mass is 32.1. The zero-order chi connectivity index (χ0) is 9.61. The molecule has 0 bridgehead atoms. The molecule has 74 valence electrons. The molecule has 0 aliphatic rings. The van der Waals surface area contributed by atoms with Gasteiger partial charge in [-0.1, -0.05) is 6.92 Å². The fourth-order valence-corrected chi connectivity index (χ4v) is 1.03. The Bertz CT molecular complexity index is 109. The van der Waals surface area contributed by atoms with Crippen LogP contribution in [0.3, 0.4) is 0 Å². The molecule has 0 saturated carbocycles. The van der Waals surface area contributed by atoms with Crippen LogP contribution in [0.1, 0.15) is 34.1 Å². The topological polar surface area (TPSA) is 18.5 Å². The summed E-state index contributed by atoms with van der Waals surface area (Å²) in [7, 11) is 0. The molecule has 0 aliphatic heterocycles. The predicted octanol–water partition coefficient (Wildman–Crippen LogP) is 2.48. The molecule has 0 radical (unpaired) electrons. The van der Waals surface area contributed by atoms with Crippen LogP contribution in [0.2, 0.25) is 0 Å². The van der Waals surface area contributed by atoms with E-state index in [9.17, 15) is 0 Å². The maximum absolute atomic E-state index is 5.44. The molecule has 0 N–H and O–H groups in total. The van der Waals surface area contributed by atoms with Crippen molar-refractivity contribution >= 4 is 12.6 Å². The van der Waals surface area contributed by atoms with E-state index in [0.717, 1.165) is 6.42 Å². The van der Waals surface area contributed by atoms with Gasteiger partial charge in [0.1, 0.15) is 0 Å². The van der Waals surface area contributed by atoms with Gasteiger partial charge >= 0.3 is 0 Å². The minimum absolute atomic E-state index is 0.188. The summed E-state index contributed by atoms with van der Waals surface area (Å²) in [6.45, 7) is 9.38. The molecule has 1 atom stereocenters. The Morgan fingerprint density at radius 2 is 1.58 bits per heavy atom. The molecule has 3 heteroatoms. The summed E-state index contributed by atoms with van der Waals surface area (Å²) in [6, 6.07) is 0. The van der Waals surface area contributed by atoms with E-state index in [1.54, 1.807) is 0 Å². The van der Waals surface area contributed by atoms with Crippen LogP contribution >= 0.6 is 12.6 Å². The SMILES string of the molecule is CCOC(OCC)C(C)(S)CC. The molecule has 2 nitrogen and oxygen atoms in total. The van der Waals surface area contributed by atoms with E-state index < -0.39 is 0 Å². The third kappa shape index (κ3) is 3.78. The van der Waals surface area contributed by atoms with Crippen LogP contribution in [-0.4, -0.2) is 24.3 Å². The van der Waals surface area contributed by atoms with Crippen molar-refractivity contribution in [3.63, 3.8) is 0 Å². The van der Waals surface area contributed by atoms with Crippen LogP contribution in [0.15, 0.2) is 0 Å². The average Bonchev–Trinajstić information content (AvgIpc) is 2.04. The lowest BCUT2D eigenvalue weighted by molar-refractivity contribution is -0.153. The minimum atomic E-state index is -0.194. The van der Waals surface area contributed by atoms with E-state index in [1.165, 1.54) is 0 Å². The first-order valence-electron chi connectivity index (χ1n) is 4.54. The Balaban J connectivity index is 4.07. The van der Waals surface area contributed by atoms with Gasteiger partial charge in [0.05, 0.1) is 4.75 Å². The van der Waals surface area contributed by atoms with E-state index in [-0.39, 0.29) is 11.0 Å². The molecule has 0 rings (SSSR count). The van der Waals surface area contributed by atoms with Crippen molar-refractivity contribution in [3.05, 3.63) is 0 Å². The second-order valence-electron chi connectivity index (χ2n) is 2.95. The summed E-state index contributed by atoms with van der Waals surface area (Å²) in [5, 5.41) is 0. The third-order valence-corrected chi connectivity index (χ3v) is 2.39. The van der Waals surface area contributed by atoms with Crippen molar-refractivity contribution in [2.24, 2.45) is 0 Å². The van der Waals surface area contributed by atoms with Crippen LogP contribution in [0.5, 0.6) is 0 Å². The first-order valence-corrected chi connectivity index (χ1v) is 4.98. The molecule has 0 heterocycles. The highest BCUT2D eigenvalue weighted by Gasteiger charge is 2.29. The van der Waals surface area contributed by atoms with Crippen molar-refractivity contribution in [3.8, 4) is 0 Å². The first kappa shape index (κ1) is 12.3. The van der Waals surface area contributed by atoms with E-state index in [2.05, 4.69) is 19.6 Å². The number of thiol groups is 1. The van der Waals surface area contributed by atoms with Crippen LogP contribution in [0.25, 0.3) is 0 Å². The Morgan fingerprint density at radius 1 is 1.17 bits per heavy atom. The standard InChI is InChI=1S/C9H20O2S/c1-5-9(4,12)8(10-6-2)11-7-3/h8,12H,5-7H2,1-4H3. The fourth-order valence-electron chi connectivity index (χ4n) is 0.877. The van der Waals surface area contributed by atoms with Crippen LogP contribution in [0, 0.1) is 0 Å². The maximum Gasteiger partial charge on any atom is 0.171 e. The van der Waals surface area contributed by atoms with Gasteiger partial charge in [-0.15, -0.1) is 0 Å². The number of hydrogen-bond acceptors (Lipinski definition) is 3. The Morgan fingerprint density at radius 3 is 1.83 bits per heavy atom. The van der Waals surface area contributed by atoms with Gasteiger partial charge in [-0.25, -0.2) is 0 Å². The molecule has 12 heavy (non-hydrogen) atoms. The third-order valence-electron chi connectivity index (χ3n) is 1.86. The summed E-state index contributed by atoms with van der Waals surface area (Å²) < 4.78 is 10.7. The summed E-state index contributed by atoms with van der Waals surface area (Å²) in [5.41, 5.74) is 0. The van der Waals surface area contributed by atoms with E-state index in [0.29, 0.717) is 13.2 Å². The predicted molar refractivity (Wildman–Crippen MR) is 54.7 cm³/mol. The molecule has 1 unspecified atom stereocenters. The van der Waals surface area contributed by atoms with E-state index in [1.807, 2.05) is 20.8 Å². The van der Waals surface area contributed by atoms with Crippen LogP contribution in [0.4, 0.5) is 0 Å². The van der Waals surface area contributed by atoms with Gasteiger partial charge in [0.25, 0.3) is 0 Å². The van der Waals surface area contributed by atoms with Gasteiger partial charge in [-0.05, 0) is 27.2 Å². The molecule has 0 aliphatic carbocycles. The maximum atomic E-state index is 5.44. The second kappa shape index (κ2) is 5.84. The van der Waals surface area contributed by atoms with Gasteiger partial charge < -0.3 is 9.47 Å². The molecule has 0 saturated heterocycles. The largest absolute Gasteiger partial charge is 0.351 e. The normalized spacial score (nSPS) is 16.5. The van der Waals surface area contributed by atoms with Crippen molar-refractivity contribution < 1.29 is 9.47 Å². The molecule has 0 aromatic rings. The smallest absolute Gasteiger partial charge is 0.171 e. The lowest BCUT2D eigenvalue weighted by atomic mass is 10.1. The molecule has 0 aromatic carbocycles. The zero-order valence-electron chi connectivity index (χ0n) is 8.46. The lowest BCUT2D eigenvalue weighted by Crippen LogP contribution is -2.38. The monoisotopic (exact) mass is 192 g/mol. The minimum Gasteiger partial charge on any atom is -0.351 e. The molecular formula is C9H20O2S. The highest BCUT2D eigenvalue weighted by molar-refractivity contribution is 7.81. The van der Waals surface area contributed by atoms with Gasteiger partial charge in [0, 0.05) is 13.2 Å². The number of rotatable bonds is 6. The lowest BCUT2D eigenvalue weighted by Gasteiger charge is -2.31. The Hall–Kier alpha value is 0.270. The van der Waals surface area contributed by atoms with Crippen molar-refractivity contribution in [1.29, 1.82) is 0 Å². The highest BCUT2D eigenvalue weighted by Crippen LogP contribution is 2.25. The van der Waals surface area contributed by atoms with Crippen molar-refractivity contribution in [2.45, 2.75) is 45.2 Å². The molecule has 0 aromatic heterocycles. The van der Waals surface area contributed by atoms with Gasteiger partial charge in [-0.2, -0.15) is 12.6 Å². The average molecular weight is 192 g/mol. The van der Waals surface area contributed by atoms with Crippen LogP contribution < -0.4 is 0 Å². The van der Waals surface area contributed by atoms with Gasteiger partial charge in [-0.3, -0.25) is 0 Å². The van der Waals surface area contributed by atoms with Gasteiger partial charge in [0.15, 0.2) is 6.29 Å². The molecule has 0 fully saturated rings. The number of hydrogen-bond donors (Lipinski definition) is 1. The number of ether oxygens (including phenoxy) is 2. The molecule has 0 amide bonds. The quantitative estimate of drug-likeness (QED) is 0.515. The zero-order valence-corrected chi connectivity index (χ0v) is 9.36. The summed E-state index contributed by atoms with van der Waals surface area (Å²) >= 11 is 4.50. The summed E-state index contributed by atoms with van der Waals surface area (Å²) in [6.07, 6.45) is 0.738. The summed E-state index contributed by atoms with van der Waals surface area (Å²) in [4.78, 5) is 0. The Labute approximate surface area is 81.0 Å². The van der Waals surface area contributed by atoms with Gasteiger partial charge in [0.2, 0.25) is 0 Å². The van der Waals surface area contributed by atoms with Crippen molar-refractivity contribution in [2.75, 3.05) is 13.2 Å².